The van der Waals surface area contributed by atoms with Gasteiger partial charge in [-0.3, -0.25) is 9.69 Å². The molecular weight excluding hydrogens is 446 g/mol. The predicted molar refractivity (Wildman–Crippen MR) is 134 cm³/mol. The molecule has 1 aliphatic heterocycles. The van der Waals surface area contributed by atoms with Gasteiger partial charge in [-0.1, -0.05) is 35.9 Å². The first-order chi connectivity index (χ1) is 16.4. The van der Waals surface area contributed by atoms with Crippen LogP contribution in [0.4, 0.5) is 0 Å². The molecule has 0 saturated carbocycles. The first-order valence-electron chi connectivity index (χ1n) is 11.5. The van der Waals surface area contributed by atoms with E-state index in [9.17, 15) is 10.1 Å². The quantitative estimate of drug-likeness (QED) is 0.485. The van der Waals surface area contributed by atoms with Crippen molar-refractivity contribution in [2.75, 3.05) is 13.1 Å². The molecule has 1 saturated heterocycles. The molecular formula is C28H28ClN3O2. The number of nitrogens with zero attached hydrogens (tertiary/aromatic N) is 2. The summed E-state index contributed by atoms with van der Waals surface area (Å²) in [6.45, 7) is 5.60. The molecule has 3 aromatic carbocycles. The summed E-state index contributed by atoms with van der Waals surface area (Å²) in [5, 5.41) is 13.0. The highest BCUT2D eigenvalue weighted by Crippen LogP contribution is 2.33. The normalized spacial score (nSPS) is 16.7. The second-order valence-electron chi connectivity index (χ2n) is 8.83. The standard InChI is InChI=1S/C28H28ClN3O2/c1-19(2)34-26-13-9-22(10-14-26)27(21-5-3-20(17-30)4-6-21)32-16-15-25(18-32)31-28(33)23-7-11-24(29)12-8-23/h3-14,19,25,27H,15-16,18H2,1-2H3,(H,31,33). The van der Waals surface area contributed by atoms with Crippen LogP contribution in [0.3, 0.4) is 0 Å². The van der Waals surface area contributed by atoms with Crippen molar-refractivity contribution in [2.24, 2.45) is 0 Å². The molecule has 1 aliphatic rings. The second-order valence-corrected chi connectivity index (χ2v) is 9.27. The molecule has 1 heterocycles. The Hall–Kier alpha value is -3.33. The number of likely N-dealkylation sites (tertiary alicyclic amines) is 1. The number of rotatable bonds is 7. The van der Waals surface area contributed by atoms with Crippen molar-refractivity contribution in [1.82, 2.24) is 10.2 Å². The van der Waals surface area contributed by atoms with Gasteiger partial charge in [0, 0.05) is 29.7 Å². The van der Waals surface area contributed by atoms with Crippen LogP contribution in [-0.2, 0) is 0 Å². The highest BCUT2D eigenvalue weighted by atomic mass is 35.5. The fourth-order valence-electron chi connectivity index (χ4n) is 4.36. The molecule has 1 fully saturated rings. The summed E-state index contributed by atoms with van der Waals surface area (Å²) in [7, 11) is 0. The largest absolute Gasteiger partial charge is 0.491 e. The van der Waals surface area contributed by atoms with Gasteiger partial charge in [-0.25, -0.2) is 0 Å². The number of hydrogen-bond donors (Lipinski definition) is 1. The molecule has 3 aromatic rings. The molecule has 4 rings (SSSR count). The van der Waals surface area contributed by atoms with Crippen molar-refractivity contribution in [3.8, 4) is 11.8 Å². The van der Waals surface area contributed by atoms with Crippen molar-refractivity contribution >= 4 is 17.5 Å². The van der Waals surface area contributed by atoms with E-state index >= 15 is 0 Å². The van der Waals surface area contributed by atoms with E-state index in [4.69, 9.17) is 16.3 Å². The van der Waals surface area contributed by atoms with Gasteiger partial charge in [0.25, 0.3) is 5.91 Å². The van der Waals surface area contributed by atoms with Gasteiger partial charge in [-0.05, 0) is 79.9 Å². The van der Waals surface area contributed by atoms with Crippen LogP contribution in [0.2, 0.25) is 5.02 Å². The van der Waals surface area contributed by atoms with Crippen molar-refractivity contribution in [2.45, 2.75) is 38.5 Å². The van der Waals surface area contributed by atoms with Crippen LogP contribution in [0.25, 0.3) is 0 Å². The van der Waals surface area contributed by atoms with Gasteiger partial charge in [-0.2, -0.15) is 5.26 Å². The Bertz CT molecular complexity index is 1150. The summed E-state index contributed by atoms with van der Waals surface area (Å²) >= 11 is 5.95. The number of nitrogens with one attached hydrogen (secondary N) is 1. The topological polar surface area (TPSA) is 65.4 Å². The number of carbonyl (C=O) groups is 1. The van der Waals surface area contributed by atoms with E-state index in [0.29, 0.717) is 16.1 Å². The Morgan fingerprint density at radius 3 is 2.24 bits per heavy atom. The summed E-state index contributed by atoms with van der Waals surface area (Å²) in [5.41, 5.74) is 3.50. The minimum absolute atomic E-state index is 0.0123. The zero-order valence-electron chi connectivity index (χ0n) is 19.4. The van der Waals surface area contributed by atoms with Gasteiger partial charge >= 0.3 is 0 Å². The molecule has 0 radical (unpaired) electrons. The van der Waals surface area contributed by atoms with Gasteiger partial charge in [0.05, 0.1) is 23.8 Å². The van der Waals surface area contributed by atoms with Crippen LogP contribution < -0.4 is 10.1 Å². The average molecular weight is 474 g/mol. The first kappa shape index (κ1) is 23.8. The van der Waals surface area contributed by atoms with Gasteiger partial charge in [0.2, 0.25) is 0 Å². The summed E-state index contributed by atoms with van der Waals surface area (Å²) in [4.78, 5) is 15.1. The van der Waals surface area contributed by atoms with Gasteiger partial charge in [0.15, 0.2) is 0 Å². The Morgan fingerprint density at radius 2 is 1.65 bits per heavy atom. The number of amides is 1. The molecule has 0 bridgehead atoms. The monoisotopic (exact) mass is 473 g/mol. The van der Waals surface area contributed by atoms with Crippen molar-refractivity contribution in [1.29, 1.82) is 5.26 Å². The van der Waals surface area contributed by atoms with E-state index in [2.05, 4.69) is 28.4 Å². The zero-order valence-corrected chi connectivity index (χ0v) is 20.1. The van der Waals surface area contributed by atoms with Crippen LogP contribution in [0.5, 0.6) is 5.75 Å². The molecule has 1 amide bonds. The minimum atomic E-state index is -0.0892. The van der Waals surface area contributed by atoms with Crippen LogP contribution in [0.1, 0.15) is 53.4 Å². The highest BCUT2D eigenvalue weighted by Gasteiger charge is 2.31. The molecule has 2 atom stereocenters. The van der Waals surface area contributed by atoms with E-state index in [1.165, 1.54) is 0 Å². The molecule has 0 aromatic heterocycles. The van der Waals surface area contributed by atoms with Crippen LogP contribution in [0, 0.1) is 11.3 Å². The minimum Gasteiger partial charge on any atom is -0.491 e. The molecule has 0 spiro atoms. The van der Waals surface area contributed by atoms with Gasteiger partial charge in [-0.15, -0.1) is 0 Å². The Balaban J connectivity index is 1.53. The number of ether oxygens (including phenoxy) is 1. The molecule has 6 heteroatoms. The van der Waals surface area contributed by atoms with Crippen molar-refractivity contribution < 1.29 is 9.53 Å². The number of halogens is 1. The van der Waals surface area contributed by atoms with E-state index in [0.717, 1.165) is 36.4 Å². The Morgan fingerprint density at radius 1 is 1.03 bits per heavy atom. The summed E-state index contributed by atoms with van der Waals surface area (Å²) in [5.74, 6) is 0.750. The Kier molecular flexibility index (Phi) is 7.52. The number of benzene rings is 3. The molecule has 2 unspecified atom stereocenters. The maximum atomic E-state index is 12.7. The van der Waals surface area contributed by atoms with E-state index in [-0.39, 0.29) is 24.1 Å². The molecule has 1 N–H and O–H groups in total. The van der Waals surface area contributed by atoms with Crippen molar-refractivity contribution in [3.63, 3.8) is 0 Å². The lowest BCUT2D eigenvalue weighted by Gasteiger charge is -2.29. The van der Waals surface area contributed by atoms with Crippen LogP contribution >= 0.6 is 11.6 Å². The third-order valence-corrected chi connectivity index (χ3v) is 6.20. The summed E-state index contributed by atoms with van der Waals surface area (Å²) < 4.78 is 5.82. The number of hydrogen-bond acceptors (Lipinski definition) is 4. The third kappa shape index (κ3) is 5.77. The SMILES string of the molecule is CC(C)Oc1ccc(C(c2ccc(C#N)cc2)N2CCC(NC(=O)c3ccc(Cl)cc3)C2)cc1. The Labute approximate surface area is 205 Å². The van der Waals surface area contributed by atoms with E-state index < -0.39 is 0 Å². The predicted octanol–water partition coefficient (Wildman–Crippen LogP) is 5.59. The number of nitriles is 1. The zero-order chi connectivity index (χ0) is 24.1. The lowest BCUT2D eigenvalue weighted by Crippen LogP contribution is -2.38. The fraction of sp³-hybridized carbons (Fsp3) is 0.286. The smallest absolute Gasteiger partial charge is 0.251 e. The van der Waals surface area contributed by atoms with Gasteiger partial charge in [0.1, 0.15) is 5.75 Å². The lowest BCUT2D eigenvalue weighted by molar-refractivity contribution is 0.0937. The van der Waals surface area contributed by atoms with Crippen molar-refractivity contribution in [3.05, 3.63) is 100 Å². The molecule has 0 aliphatic carbocycles. The van der Waals surface area contributed by atoms with Crippen LogP contribution in [-0.4, -0.2) is 36.0 Å². The number of carbonyl (C=O) groups excluding carboxylic acids is 1. The molecule has 5 nitrogen and oxygen atoms in total. The first-order valence-corrected chi connectivity index (χ1v) is 11.9. The maximum absolute atomic E-state index is 12.7. The third-order valence-electron chi connectivity index (χ3n) is 5.95. The highest BCUT2D eigenvalue weighted by molar-refractivity contribution is 6.30. The average Bonchev–Trinajstić information content (AvgIpc) is 3.28. The fourth-order valence-corrected chi connectivity index (χ4v) is 4.49. The molecule has 34 heavy (non-hydrogen) atoms. The second kappa shape index (κ2) is 10.7. The van der Waals surface area contributed by atoms with Gasteiger partial charge < -0.3 is 10.1 Å². The van der Waals surface area contributed by atoms with E-state index in [1.807, 2.05) is 50.2 Å². The van der Waals surface area contributed by atoms with E-state index in [1.54, 1.807) is 24.3 Å². The summed E-state index contributed by atoms with van der Waals surface area (Å²) in [6, 6.07) is 25.1. The summed E-state index contributed by atoms with van der Waals surface area (Å²) in [6.07, 6.45) is 0.976. The lowest BCUT2D eigenvalue weighted by atomic mass is 9.96. The maximum Gasteiger partial charge on any atom is 0.251 e. The molecule has 174 valence electrons. The van der Waals surface area contributed by atoms with Crippen LogP contribution in [0.15, 0.2) is 72.8 Å².